The van der Waals surface area contributed by atoms with Crippen molar-refractivity contribution in [1.82, 2.24) is 0 Å². The molecule has 0 spiro atoms. The highest BCUT2D eigenvalue weighted by molar-refractivity contribution is 6.30. The van der Waals surface area contributed by atoms with Crippen LogP contribution in [0.1, 0.15) is 43.7 Å². The van der Waals surface area contributed by atoms with Gasteiger partial charge in [-0.15, -0.1) is 0 Å². The molecule has 0 radical (unpaired) electrons. The molecule has 0 aromatic heterocycles. The number of hydrogen-bond donors (Lipinski definition) is 1. The summed E-state index contributed by atoms with van der Waals surface area (Å²) in [5.74, 6) is 0.454. The lowest BCUT2D eigenvalue weighted by Gasteiger charge is -2.13. The van der Waals surface area contributed by atoms with E-state index in [1.165, 1.54) is 5.56 Å². The summed E-state index contributed by atoms with van der Waals surface area (Å²) in [6.45, 7) is 4.26. The maximum absolute atomic E-state index is 9.97. The van der Waals surface area contributed by atoms with Gasteiger partial charge in [0.1, 0.15) is 0 Å². The first-order valence-corrected chi connectivity index (χ1v) is 5.42. The minimum absolute atomic E-state index is 0.454. The lowest BCUT2D eigenvalue weighted by molar-refractivity contribution is 0.151. The smallest absolute Gasteiger partial charge is 0.0899 e. The van der Waals surface area contributed by atoms with Gasteiger partial charge in [0, 0.05) is 5.02 Å². The predicted octanol–water partition coefficient (Wildman–Crippen LogP) is 3.44. The summed E-state index contributed by atoms with van der Waals surface area (Å²) in [5, 5.41) is 10.7. The molecule has 2 heteroatoms. The standard InChI is InChI=1S/C12H15ClO/c1-8(2)9-5-10(7-11(13)6-9)12(14)3-4-12/h5-8,14H,3-4H2,1-2H3. The van der Waals surface area contributed by atoms with Crippen molar-refractivity contribution in [3.63, 3.8) is 0 Å². The Hall–Kier alpha value is -0.530. The molecule has 1 N–H and O–H groups in total. The lowest BCUT2D eigenvalue weighted by atomic mass is 9.98. The third-order valence-corrected chi connectivity index (χ3v) is 3.07. The van der Waals surface area contributed by atoms with Crippen LogP contribution in [-0.2, 0) is 5.60 Å². The molecule has 0 atom stereocenters. The Bertz CT molecular complexity index is 353. The Labute approximate surface area is 89.7 Å². The van der Waals surface area contributed by atoms with Crippen LogP contribution in [0.25, 0.3) is 0 Å². The van der Waals surface area contributed by atoms with Crippen LogP contribution in [0, 0.1) is 0 Å². The number of hydrogen-bond acceptors (Lipinski definition) is 1. The Balaban J connectivity index is 2.42. The van der Waals surface area contributed by atoms with E-state index >= 15 is 0 Å². The SMILES string of the molecule is CC(C)c1cc(Cl)cc(C2(O)CC2)c1. The van der Waals surface area contributed by atoms with Gasteiger partial charge in [-0.05, 0) is 42.0 Å². The molecule has 1 saturated carbocycles. The van der Waals surface area contributed by atoms with Gasteiger partial charge in [-0.25, -0.2) is 0 Å². The van der Waals surface area contributed by atoms with E-state index < -0.39 is 5.60 Å². The van der Waals surface area contributed by atoms with Gasteiger partial charge in [0.05, 0.1) is 5.60 Å². The summed E-state index contributed by atoms with van der Waals surface area (Å²) < 4.78 is 0. The van der Waals surface area contributed by atoms with E-state index in [9.17, 15) is 5.11 Å². The monoisotopic (exact) mass is 210 g/mol. The van der Waals surface area contributed by atoms with Crippen LogP contribution in [0.5, 0.6) is 0 Å². The number of benzene rings is 1. The van der Waals surface area contributed by atoms with Crippen molar-refractivity contribution in [1.29, 1.82) is 0 Å². The molecule has 0 aliphatic heterocycles. The Kier molecular flexibility index (Phi) is 2.32. The van der Waals surface area contributed by atoms with Crippen LogP contribution in [0.4, 0.5) is 0 Å². The molecule has 14 heavy (non-hydrogen) atoms. The molecule has 1 aliphatic rings. The number of rotatable bonds is 2. The Morgan fingerprint density at radius 2 is 1.93 bits per heavy atom. The van der Waals surface area contributed by atoms with E-state index in [-0.39, 0.29) is 0 Å². The average Bonchev–Trinajstić information content (AvgIpc) is 2.84. The van der Waals surface area contributed by atoms with Gasteiger partial charge < -0.3 is 5.11 Å². The highest BCUT2D eigenvalue weighted by atomic mass is 35.5. The largest absolute Gasteiger partial charge is 0.385 e. The van der Waals surface area contributed by atoms with Gasteiger partial charge in [-0.1, -0.05) is 31.5 Å². The first-order chi connectivity index (χ1) is 6.51. The molecular weight excluding hydrogens is 196 g/mol. The second kappa shape index (κ2) is 3.25. The van der Waals surface area contributed by atoms with Crippen molar-refractivity contribution in [2.45, 2.75) is 38.2 Å². The fourth-order valence-electron chi connectivity index (χ4n) is 1.62. The van der Waals surface area contributed by atoms with Gasteiger partial charge in [-0.2, -0.15) is 0 Å². The molecule has 0 saturated heterocycles. The molecule has 0 unspecified atom stereocenters. The van der Waals surface area contributed by atoms with E-state index in [1.807, 2.05) is 12.1 Å². The van der Waals surface area contributed by atoms with Crippen molar-refractivity contribution in [3.05, 3.63) is 34.3 Å². The van der Waals surface area contributed by atoms with Crippen LogP contribution in [0.2, 0.25) is 5.02 Å². The summed E-state index contributed by atoms with van der Waals surface area (Å²) in [6, 6.07) is 5.92. The van der Waals surface area contributed by atoms with Crippen molar-refractivity contribution >= 4 is 11.6 Å². The summed E-state index contributed by atoms with van der Waals surface area (Å²) in [4.78, 5) is 0. The van der Waals surface area contributed by atoms with Gasteiger partial charge in [0.15, 0.2) is 0 Å². The van der Waals surface area contributed by atoms with E-state index in [0.29, 0.717) is 5.92 Å². The van der Waals surface area contributed by atoms with E-state index in [1.54, 1.807) is 0 Å². The summed E-state index contributed by atoms with van der Waals surface area (Å²) in [5.41, 5.74) is 1.61. The van der Waals surface area contributed by atoms with Crippen LogP contribution in [-0.4, -0.2) is 5.11 Å². The highest BCUT2D eigenvalue weighted by Gasteiger charge is 2.42. The first-order valence-electron chi connectivity index (χ1n) is 5.05. The van der Waals surface area contributed by atoms with Crippen LogP contribution < -0.4 is 0 Å². The molecule has 1 aromatic rings. The maximum atomic E-state index is 9.97. The zero-order valence-corrected chi connectivity index (χ0v) is 9.30. The fourth-order valence-corrected chi connectivity index (χ4v) is 1.86. The third-order valence-electron chi connectivity index (χ3n) is 2.85. The topological polar surface area (TPSA) is 20.2 Å². The normalized spacial score (nSPS) is 18.6. The van der Waals surface area contributed by atoms with Crippen molar-refractivity contribution in [2.75, 3.05) is 0 Å². The summed E-state index contributed by atoms with van der Waals surface area (Å²) in [7, 11) is 0. The Morgan fingerprint density at radius 1 is 1.29 bits per heavy atom. The van der Waals surface area contributed by atoms with Crippen molar-refractivity contribution < 1.29 is 5.11 Å². The van der Waals surface area contributed by atoms with E-state index in [2.05, 4.69) is 19.9 Å². The van der Waals surface area contributed by atoms with Crippen molar-refractivity contribution in [3.8, 4) is 0 Å². The van der Waals surface area contributed by atoms with Crippen molar-refractivity contribution in [2.24, 2.45) is 0 Å². The molecule has 1 nitrogen and oxygen atoms in total. The average molecular weight is 211 g/mol. The van der Waals surface area contributed by atoms with Crippen LogP contribution in [0.3, 0.4) is 0 Å². The van der Waals surface area contributed by atoms with Gasteiger partial charge in [0.25, 0.3) is 0 Å². The van der Waals surface area contributed by atoms with Gasteiger partial charge >= 0.3 is 0 Å². The summed E-state index contributed by atoms with van der Waals surface area (Å²) in [6.07, 6.45) is 1.73. The second-order valence-electron chi connectivity index (χ2n) is 4.46. The minimum atomic E-state index is -0.575. The third kappa shape index (κ3) is 1.79. The van der Waals surface area contributed by atoms with Gasteiger partial charge in [-0.3, -0.25) is 0 Å². The quantitative estimate of drug-likeness (QED) is 0.793. The Morgan fingerprint density at radius 3 is 2.43 bits per heavy atom. The maximum Gasteiger partial charge on any atom is 0.0899 e. The zero-order chi connectivity index (χ0) is 10.3. The molecule has 0 bridgehead atoms. The van der Waals surface area contributed by atoms with E-state index in [0.717, 1.165) is 23.4 Å². The molecule has 2 rings (SSSR count). The fraction of sp³-hybridized carbons (Fsp3) is 0.500. The molecule has 1 aromatic carbocycles. The zero-order valence-electron chi connectivity index (χ0n) is 8.55. The molecule has 1 aliphatic carbocycles. The lowest BCUT2D eigenvalue weighted by Crippen LogP contribution is -2.05. The van der Waals surface area contributed by atoms with Crippen LogP contribution >= 0.6 is 11.6 Å². The number of aliphatic hydroxyl groups is 1. The van der Waals surface area contributed by atoms with Gasteiger partial charge in [0.2, 0.25) is 0 Å². The first kappa shape index (κ1) is 10.0. The van der Waals surface area contributed by atoms with E-state index in [4.69, 9.17) is 11.6 Å². The predicted molar refractivity (Wildman–Crippen MR) is 58.7 cm³/mol. The van der Waals surface area contributed by atoms with Crippen LogP contribution in [0.15, 0.2) is 18.2 Å². The minimum Gasteiger partial charge on any atom is -0.385 e. The summed E-state index contributed by atoms with van der Waals surface area (Å²) >= 11 is 6.02. The highest BCUT2D eigenvalue weighted by Crippen LogP contribution is 2.46. The molecule has 0 heterocycles. The molecular formula is C12H15ClO. The molecule has 76 valence electrons. The molecule has 0 amide bonds. The number of halogens is 1. The second-order valence-corrected chi connectivity index (χ2v) is 4.90. The molecule has 1 fully saturated rings.